The van der Waals surface area contributed by atoms with E-state index in [0.29, 0.717) is 5.69 Å². The van der Waals surface area contributed by atoms with Crippen molar-refractivity contribution >= 4 is 0 Å². The van der Waals surface area contributed by atoms with Crippen LogP contribution in [-0.2, 0) is 19.6 Å². The van der Waals surface area contributed by atoms with Crippen LogP contribution in [0.15, 0.2) is 36.8 Å². The van der Waals surface area contributed by atoms with Gasteiger partial charge in [0.05, 0.1) is 18.6 Å². The average molecular weight is 216 g/mol. The molecular formula is C13H16N2O. The molecule has 3 nitrogen and oxygen atoms in total. The van der Waals surface area contributed by atoms with Crippen LogP contribution in [0, 0.1) is 0 Å². The van der Waals surface area contributed by atoms with E-state index in [1.165, 1.54) is 11.1 Å². The number of aromatic nitrogens is 2. The number of hydrogen-bond donors (Lipinski definition) is 1. The van der Waals surface area contributed by atoms with Crippen molar-refractivity contribution in [2.45, 2.75) is 26.5 Å². The normalized spacial score (nSPS) is 10.6. The Morgan fingerprint density at radius 2 is 1.88 bits per heavy atom. The minimum atomic E-state index is 0.00176. The molecule has 2 rings (SSSR count). The third kappa shape index (κ3) is 2.49. The van der Waals surface area contributed by atoms with Gasteiger partial charge in [-0.1, -0.05) is 31.2 Å². The summed E-state index contributed by atoms with van der Waals surface area (Å²) in [5.41, 5.74) is 3.31. The van der Waals surface area contributed by atoms with Crippen LogP contribution in [-0.4, -0.2) is 14.7 Å². The summed E-state index contributed by atoms with van der Waals surface area (Å²) in [7, 11) is 0. The summed E-state index contributed by atoms with van der Waals surface area (Å²) in [4.78, 5) is 4.08. The maximum absolute atomic E-state index is 8.91. The summed E-state index contributed by atoms with van der Waals surface area (Å²) in [6.45, 7) is 2.96. The molecule has 0 unspecified atom stereocenters. The molecule has 2 aromatic rings. The smallest absolute Gasteiger partial charge is 0.0953 e. The average Bonchev–Trinajstić information content (AvgIpc) is 2.78. The standard InChI is InChI=1S/C13H16N2O/c1-2-11-3-5-12(6-4-11)7-15-8-13(9-16)14-10-15/h3-6,8,10,16H,2,7,9H2,1H3. The highest BCUT2D eigenvalue weighted by Gasteiger charge is 1.98. The summed E-state index contributed by atoms with van der Waals surface area (Å²) < 4.78 is 1.98. The third-order valence-electron chi connectivity index (χ3n) is 2.65. The van der Waals surface area contributed by atoms with E-state index in [1.54, 1.807) is 6.33 Å². The summed E-state index contributed by atoms with van der Waals surface area (Å²) in [6, 6.07) is 8.58. The molecule has 0 aliphatic carbocycles. The van der Waals surface area contributed by atoms with E-state index >= 15 is 0 Å². The van der Waals surface area contributed by atoms with Crippen molar-refractivity contribution in [3.05, 3.63) is 53.6 Å². The van der Waals surface area contributed by atoms with Gasteiger partial charge in [-0.2, -0.15) is 0 Å². The van der Waals surface area contributed by atoms with Gasteiger partial charge in [0.2, 0.25) is 0 Å². The molecule has 3 heteroatoms. The van der Waals surface area contributed by atoms with E-state index in [1.807, 2.05) is 10.8 Å². The molecule has 84 valence electrons. The lowest BCUT2D eigenvalue weighted by Gasteiger charge is -2.03. The second-order valence-corrected chi connectivity index (χ2v) is 3.87. The maximum Gasteiger partial charge on any atom is 0.0953 e. The minimum Gasteiger partial charge on any atom is -0.390 e. The molecule has 0 spiro atoms. The highest BCUT2D eigenvalue weighted by molar-refractivity contribution is 5.22. The minimum absolute atomic E-state index is 0.00176. The molecule has 1 aromatic heterocycles. The largest absolute Gasteiger partial charge is 0.390 e. The maximum atomic E-state index is 8.91. The molecule has 1 aromatic carbocycles. The van der Waals surface area contributed by atoms with Crippen molar-refractivity contribution < 1.29 is 5.11 Å². The first kappa shape index (κ1) is 10.9. The number of aliphatic hydroxyl groups is 1. The Hall–Kier alpha value is -1.61. The van der Waals surface area contributed by atoms with E-state index in [0.717, 1.165) is 13.0 Å². The lowest BCUT2D eigenvalue weighted by atomic mass is 10.1. The summed E-state index contributed by atoms with van der Waals surface area (Å²) in [5.74, 6) is 0. The van der Waals surface area contributed by atoms with Gasteiger partial charge in [-0.3, -0.25) is 0 Å². The Balaban J connectivity index is 2.08. The molecule has 0 atom stereocenters. The highest BCUT2D eigenvalue weighted by atomic mass is 16.3. The fourth-order valence-electron chi connectivity index (χ4n) is 1.67. The molecule has 0 radical (unpaired) electrons. The second kappa shape index (κ2) is 4.94. The Labute approximate surface area is 95.4 Å². The van der Waals surface area contributed by atoms with Crippen LogP contribution >= 0.6 is 0 Å². The number of rotatable bonds is 4. The number of benzene rings is 1. The fraction of sp³-hybridized carbons (Fsp3) is 0.308. The van der Waals surface area contributed by atoms with E-state index in [2.05, 4.69) is 36.2 Å². The first-order valence-electron chi connectivity index (χ1n) is 5.51. The molecule has 0 amide bonds. The topological polar surface area (TPSA) is 38.0 Å². The Morgan fingerprint density at radius 3 is 2.44 bits per heavy atom. The van der Waals surface area contributed by atoms with Gasteiger partial charge in [-0.15, -0.1) is 0 Å². The summed E-state index contributed by atoms with van der Waals surface area (Å²) in [5, 5.41) is 8.91. The molecule has 0 saturated carbocycles. The lowest BCUT2D eigenvalue weighted by Crippen LogP contribution is -1.96. The zero-order chi connectivity index (χ0) is 11.4. The third-order valence-corrected chi connectivity index (χ3v) is 2.65. The van der Waals surface area contributed by atoms with Crippen LogP contribution in [0.5, 0.6) is 0 Å². The fourth-order valence-corrected chi connectivity index (χ4v) is 1.67. The van der Waals surface area contributed by atoms with Gasteiger partial charge in [-0.25, -0.2) is 4.98 Å². The number of hydrogen-bond acceptors (Lipinski definition) is 2. The van der Waals surface area contributed by atoms with E-state index < -0.39 is 0 Å². The van der Waals surface area contributed by atoms with Crippen LogP contribution in [0.1, 0.15) is 23.7 Å². The van der Waals surface area contributed by atoms with Gasteiger partial charge in [0.25, 0.3) is 0 Å². The SMILES string of the molecule is CCc1ccc(Cn2cnc(CO)c2)cc1. The van der Waals surface area contributed by atoms with Crippen molar-refractivity contribution in [2.75, 3.05) is 0 Å². The molecule has 0 bridgehead atoms. The number of imidazole rings is 1. The lowest BCUT2D eigenvalue weighted by molar-refractivity contribution is 0.277. The Kier molecular flexibility index (Phi) is 3.37. The monoisotopic (exact) mass is 216 g/mol. The van der Waals surface area contributed by atoms with Crippen LogP contribution in [0.4, 0.5) is 0 Å². The molecule has 0 saturated heterocycles. The zero-order valence-electron chi connectivity index (χ0n) is 9.43. The quantitative estimate of drug-likeness (QED) is 0.848. The second-order valence-electron chi connectivity index (χ2n) is 3.87. The van der Waals surface area contributed by atoms with Gasteiger partial charge in [-0.05, 0) is 17.5 Å². The number of nitrogens with zero attached hydrogens (tertiary/aromatic N) is 2. The number of aryl methyl sites for hydroxylation is 1. The molecule has 0 aliphatic heterocycles. The van der Waals surface area contributed by atoms with Crippen molar-refractivity contribution in [3.63, 3.8) is 0 Å². The molecule has 1 N–H and O–H groups in total. The van der Waals surface area contributed by atoms with Crippen LogP contribution in [0.3, 0.4) is 0 Å². The van der Waals surface area contributed by atoms with E-state index in [4.69, 9.17) is 5.11 Å². The van der Waals surface area contributed by atoms with Crippen LogP contribution in [0.2, 0.25) is 0 Å². The van der Waals surface area contributed by atoms with Crippen molar-refractivity contribution in [2.24, 2.45) is 0 Å². The van der Waals surface area contributed by atoms with Crippen LogP contribution in [0.25, 0.3) is 0 Å². The first-order chi connectivity index (χ1) is 7.81. The first-order valence-corrected chi connectivity index (χ1v) is 5.51. The molecule has 1 heterocycles. The highest BCUT2D eigenvalue weighted by Crippen LogP contribution is 2.07. The molecular weight excluding hydrogens is 200 g/mol. The van der Waals surface area contributed by atoms with Crippen molar-refractivity contribution in [3.8, 4) is 0 Å². The Morgan fingerprint density at radius 1 is 1.19 bits per heavy atom. The molecule has 16 heavy (non-hydrogen) atoms. The summed E-state index contributed by atoms with van der Waals surface area (Å²) >= 11 is 0. The van der Waals surface area contributed by atoms with Gasteiger partial charge >= 0.3 is 0 Å². The van der Waals surface area contributed by atoms with E-state index in [-0.39, 0.29) is 6.61 Å². The Bertz CT molecular complexity index is 445. The van der Waals surface area contributed by atoms with Gasteiger partial charge < -0.3 is 9.67 Å². The predicted octanol–water partition coefficient (Wildman–Crippen LogP) is 1.99. The van der Waals surface area contributed by atoms with Gasteiger partial charge in [0, 0.05) is 12.7 Å². The number of aliphatic hydroxyl groups excluding tert-OH is 1. The predicted molar refractivity (Wildman–Crippen MR) is 63.1 cm³/mol. The summed E-state index contributed by atoms with van der Waals surface area (Å²) in [6.07, 6.45) is 4.69. The van der Waals surface area contributed by atoms with E-state index in [9.17, 15) is 0 Å². The van der Waals surface area contributed by atoms with Crippen LogP contribution < -0.4 is 0 Å². The molecule has 0 fully saturated rings. The molecule has 0 aliphatic rings. The van der Waals surface area contributed by atoms with Gasteiger partial charge in [0.15, 0.2) is 0 Å². The van der Waals surface area contributed by atoms with Gasteiger partial charge in [0.1, 0.15) is 0 Å². The zero-order valence-corrected chi connectivity index (χ0v) is 9.43. The van der Waals surface area contributed by atoms with Crippen molar-refractivity contribution in [1.29, 1.82) is 0 Å². The van der Waals surface area contributed by atoms with Crippen molar-refractivity contribution in [1.82, 2.24) is 9.55 Å².